The molecule has 3 aromatic rings. The lowest BCUT2D eigenvalue weighted by Crippen LogP contribution is -2.31. The summed E-state index contributed by atoms with van der Waals surface area (Å²) < 4.78 is 0. The molecule has 0 radical (unpaired) electrons. The van der Waals surface area contributed by atoms with Crippen molar-refractivity contribution >= 4 is 17.5 Å². The summed E-state index contributed by atoms with van der Waals surface area (Å²) in [7, 11) is 0. The molecule has 0 atom stereocenters. The topological polar surface area (TPSA) is 49.4 Å². The smallest absolute Gasteiger partial charge is 0.258 e. The summed E-state index contributed by atoms with van der Waals surface area (Å²) in [6, 6.07) is 26.9. The molecule has 0 aliphatic carbocycles. The molecule has 0 aromatic heterocycles. The average molecular weight is 386 g/mol. The number of amides is 2. The van der Waals surface area contributed by atoms with Gasteiger partial charge < -0.3 is 10.2 Å². The van der Waals surface area contributed by atoms with Crippen molar-refractivity contribution in [3.63, 3.8) is 0 Å². The van der Waals surface area contributed by atoms with E-state index in [-0.39, 0.29) is 17.9 Å². The van der Waals surface area contributed by atoms with E-state index in [1.54, 1.807) is 4.90 Å². The Morgan fingerprint density at radius 1 is 0.793 bits per heavy atom. The predicted octanol–water partition coefficient (Wildman–Crippen LogP) is 4.60. The second-order valence-corrected chi connectivity index (χ2v) is 7.31. The highest BCUT2D eigenvalue weighted by molar-refractivity contribution is 6.06. The van der Waals surface area contributed by atoms with Crippen molar-refractivity contribution in [1.29, 1.82) is 0 Å². The molecule has 0 aliphatic heterocycles. The van der Waals surface area contributed by atoms with Gasteiger partial charge in [-0.25, -0.2) is 0 Å². The number of carbonyl (C=O) groups excluding carboxylic acids is 2. The minimum absolute atomic E-state index is 0.00532. The number of carbonyl (C=O) groups is 2. The number of anilines is 1. The van der Waals surface area contributed by atoms with E-state index in [0.717, 1.165) is 16.8 Å². The van der Waals surface area contributed by atoms with E-state index in [2.05, 4.69) is 5.32 Å². The van der Waals surface area contributed by atoms with Crippen LogP contribution in [0.3, 0.4) is 0 Å². The third-order valence-corrected chi connectivity index (χ3v) is 4.51. The molecule has 0 heterocycles. The van der Waals surface area contributed by atoms with Crippen LogP contribution in [-0.2, 0) is 17.8 Å². The van der Waals surface area contributed by atoms with Crippen LogP contribution in [0.1, 0.15) is 35.3 Å². The Labute approximate surface area is 172 Å². The Bertz CT molecular complexity index is 936. The van der Waals surface area contributed by atoms with Gasteiger partial charge in [-0.05, 0) is 49.2 Å². The fraction of sp³-hybridized carbons (Fsp3) is 0.200. The van der Waals surface area contributed by atoms with Crippen LogP contribution in [0.2, 0.25) is 0 Å². The van der Waals surface area contributed by atoms with Gasteiger partial charge in [0, 0.05) is 17.3 Å². The van der Waals surface area contributed by atoms with Gasteiger partial charge in [0.25, 0.3) is 5.91 Å². The van der Waals surface area contributed by atoms with Crippen molar-refractivity contribution in [2.45, 2.75) is 32.9 Å². The van der Waals surface area contributed by atoms with Crippen molar-refractivity contribution in [3.05, 3.63) is 102 Å². The van der Waals surface area contributed by atoms with Gasteiger partial charge in [-0.15, -0.1) is 0 Å². The average Bonchev–Trinajstić information content (AvgIpc) is 2.73. The first-order valence-corrected chi connectivity index (χ1v) is 9.82. The first-order chi connectivity index (χ1) is 14.0. The first-order valence-electron chi connectivity index (χ1n) is 9.82. The van der Waals surface area contributed by atoms with E-state index in [4.69, 9.17) is 0 Å². The lowest BCUT2D eigenvalue weighted by Gasteiger charge is -2.23. The Balaban J connectivity index is 1.83. The van der Waals surface area contributed by atoms with Crippen LogP contribution >= 0.6 is 0 Å². The highest BCUT2D eigenvalue weighted by atomic mass is 16.2. The van der Waals surface area contributed by atoms with E-state index in [1.807, 2.05) is 98.8 Å². The summed E-state index contributed by atoms with van der Waals surface area (Å²) in [5.74, 6) is -0.0611. The van der Waals surface area contributed by atoms with E-state index in [1.165, 1.54) is 0 Å². The second kappa shape index (κ2) is 9.69. The van der Waals surface area contributed by atoms with E-state index in [0.29, 0.717) is 18.5 Å². The molecule has 0 unspecified atom stereocenters. The standard InChI is InChI=1S/C25H26N2O2/c1-19(2)26-24(28)17-20-13-15-23(16-14-20)27(18-21-9-5-3-6-10-21)25(29)22-11-7-4-8-12-22/h3-16,19H,17-18H2,1-2H3,(H,26,28). The van der Waals surface area contributed by atoms with E-state index < -0.39 is 0 Å². The summed E-state index contributed by atoms with van der Waals surface area (Å²) in [5, 5.41) is 2.90. The quantitative estimate of drug-likeness (QED) is 0.645. The summed E-state index contributed by atoms with van der Waals surface area (Å²) >= 11 is 0. The first kappa shape index (κ1) is 20.3. The highest BCUT2D eigenvalue weighted by Gasteiger charge is 2.18. The summed E-state index contributed by atoms with van der Waals surface area (Å²) in [6.45, 7) is 4.36. The Kier molecular flexibility index (Phi) is 6.80. The van der Waals surface area contributed by atoms with Gasteiger partial charge in [-0.3, -0.25) is 9.59 Å². The zero-order valence-electron chi connectivity index (χ0n) is 16.8. The molecule has 0 aliphatic rings. The van der Waals surface area contributed by atoms with Gasteiger partial charge >= 0.3 is 0 Å². The fourth-order valence-corrected chi connectivity index (χ4v) is 3.14. The Morgan fingerprint density at radius 2 is 1.38 bits per heavy atom. The van der Waals surface area contributed by atoms with Gasteiger partial charge in [0.05, 0.1) is 13.0 Å². The largest absolute Gasteiger partial charge is 0.354 e. The zero-order valence-corrected chi connectivity index (χ0v) is 16.8. The normalized spacial score (nSPS) is 10.6. The van der Waals surface area contributed by atoms with Crippen molar-refractivity contribution in [1.82, 2.24) is 5.32 Å². The highest BCUT2D eigenvalue weighted by Crippen LogP contribution is 2.21. The van der Waals surface area contributed by atoms with Gasteiger partial charge in [0.15, 0.2) is 0 Å². The maximum absolute atomic E-state index is 13.2. The van der Waals surface area contributed by atoms with Crippen LogP contribution in [0.4, 0.5) is 5.69 Å². The van der Waals surface area contributed by atoms with Gasteiger partial charge in [0.2, 0.25) is 5.91 Å². The molecular formula is C25H26N2O2. The van der Waals surface area contributed by atoms with Crippen molar-refractivity contribution in [2.75, 3.05) is 4.90 Å². The molecule has 0 bridgehead atoms. The Morgan fingerprint density at radius 3 is 1.97 bits per heavy atom. The van der Waals surface area contributed by atoms with Crippen LogP contribution in [0.15, 0.2) is 84.9 Å². The van der Waals surface area contributed by atoms with Gasteiger partial charge in [-0.1, -0.05) is 60.7 Å². The molecule has 0 fully saturated rings. The predicted molar refractivity (Wildman–Crippen MR) is 117 cm³/mol. The van der Waals surface area contributed by atoms with Gasteiger partial charge in [0.1, 0.15) is 0 Å². The van der Waals surface area contributed by atoms with Crippen molar-refractivity contribution in [2.24, 2.45) is 0 Å². The van der Waals surface area contributed by atoms with E-state index in [9.17, 15) is 9.59 Å². The van der Waals surface area contributed by atoms with Crippen molar-refractivity contribution < 1.29 is 9.59 Å². The third-order valence-electron chi connectivity index (χ3n) is 4.51. The second-order valence-electron chi connectivity index (χ2n) is 7.31. The maximum atomic E-state index is 13.2. The molecule has 3 rings (SSSR count). The number of nitrogens with one attached hydrogen (secondary N) is 1. The number of hydrogen-bond donors (Lipinski definition) is 1. The molecule has 3 aromatic carbocycles. The Hall–Kier alpha value is -3.40. The lowest BCUT2D eigenvalue weighted by atomic mass is 10.1. The fourth-order valence-electron chi connectivity index (χ4n) is 3.14. The molecule has 148 valence electrons. The minimum atomic E-state index is -0.0558. The number of rotatable bonds is 7. The monoisotopic (exact) mass is 386 g/mol. The summed E-state index contributed by atoms with van der Waals surface area (Å²) in [5.41, 5.74) is 3.41. The lowest BCUT2D eigenvalue weighted by molar-refractivity contribution is -0.120. The van der Waals surface area contributed by atoms with E-state index >= 15 is 0 Å². The molecule has 4 nitrogen and oxygen atoms in total. The molecule has 0 saturated heterocycles. The maximum Gasteiger partial charge on any atom is 0.258 e. The molecule has 0 saturated carbocycles. The van der Waals surface area contributed by atoms with Crippen molar-refractivity contribution in [3.8, 4) is 0 Å². The SMILES string of the molecule is CC(C)NC(=O)Cc1ccc(N(Cc2ccccc2)C(=O)c2ccccc2)cc1. The van der Waals surface area contributed by atoms with Crippen LogP contribution < -0.4 is 10.2 Å². The van der Waals surface area contributed by atoms with Crippen LogP contribution in [-0.4, -0.2) is 17.9 Å². The molecule has 4 heteroatoms. The molecular weight excluding hydrogens is 360 g/mol. The van der Waals surface area contributed by atoms with Crippen LogP contribution in [0.25, 0.3) is 0 Å². The van der Waals surface area contributed by atoms with Crippen LogP contribution in [0, 0.1) is 0 Å². The third kappa shape index (κ3) is 5.79. The number of hydrogen-bond acceptors (Lipinski definition) is 2. The number of nitrogens with zero attached hydrogens (tertiary/aromatic N) is 1. The number of benzene rings is 3. The molecule has 29 heavy (non-hydrogen) atoms. The van der Waals surface area contributed by atoms with Gasteiger partial charge in [-0.2, -0.15) is 0 Å². The van der Waals surface area contributed by atoms with Crippen LogP contribution in [0.5, 0.6) is 0 Å². The minimum Gasteiger partial charge on any atom is -0.354 e. The molecule has 0 spiro atoms. The summed E-state index contributed by atoms with van der Waals surface area (Å²) in [6.07, 6.45) is 0.323. The summed E-state index contributed by atoms with van der Waals surface area (Å²) in [4.78, 5) is 27.0. The zero-order chi connectivity index (χ0) is 20.6. The molecule has 2 amide bonds. The molecule has 1 N–H and O–H groups in total.